The van der Waals surface area contributed by atoms with E-state index in [1.54, 1.807) is 0 Å². The Labute approximate surface area is 86.7 Å². The normalized spacial score (nSPS) is 24.1. The van der Waals surface area contributed by atoms with Crippen LogP contribution in [0.15, 0.2) is 0 Å². The first-order valence-electron chi connectivity index (χ1n) is 6.14. The van der Waals surface area contributed by atoms with Crippen LogP contribution in [0.5, 0.6) is 0 Å². The van der Waals surface area contributed by atoms with Crippen LogP contribution < -0.4 is 0 Å². The molecule has 0 atom stereocenters. The van der Waals surface area contributed by atoms with E-state index in [1.807, 2.05) is 0 Å². The van der Waals surface area contributed by atoms with Crippen molar-refractivity contribution < 1.29 is 4.79 Å². The Balaban J connectivity index is 1.75. The first kappa shape index (κ1) is 10.0. The molecule has 2 heteroatoms. The lowest BCUT2D eigenvalue weighted by atomic mass is 9.87. The van der Waals surface area contributed by atoms with Crippen LogP contribution in [0.3, 0.4) is 0 Å². The molecule has 1 aliphatic carbocycles. The third kappa shape index (κ3) is 2.49. The highest BCUT2D eigenvalue weighted by atomic mass is 16.2. The predicted molar refractivity (Wildman–Crippen MR) is 57.0 cm³/mol. The van der Waals surface area contributed by atoms with Gasteiger partial charge in [-0.1, -0.05) is 19.3 Å². The molecule has 0 unspecified atom stereocenters. The van der Waals surface area contributed by atoms with Gasteiger partial charge >= 0.3 is 0 Å². The van der Waals surface area contributed by atoms with Crippen LogP contribution in [0.25, 0.3) is 0 Å². The van der Waals surface area contributed by atoms with E-state index in [1.165, 1.54) is 44.9 Å². The zero-order valence-electron chi connectivity index (χ0n) is 9.00. The Morgan fingerprint density at radius 2 is 1.64 bits per heavy atom. The van der Waals surface area contributed by atoms with Gasteiger partial charge in [0.1, 0.15) is 0 Å². The second-order valence-electron chi connectivity index (χ2n) is 4.80. The van der Waals surface area contributed by atoms with Crippen molar-refractivity contribution in [3.63, 3.8) is 0 Å². The molecule has 2 aliphatic rings. The molecular weight excluding hydrogens is 174 g/mol. The van der Waals surface area contributed by atoms with Crippen LogP contribution in [0, 0.1) is 5.92 Å². The molecule has 0 spiro atoms. The van der Waals surface area contributed by atoms with Crippen molar-refractivity contribution >= 4 is 5.91 Å². The van der Waals surface area contributed by atoms with E-state index in [2.05, 4.69) is 4.90 Å². The number of hydrogen-bond donors (Lipinski definition) is 0. The monoisotopic (exact) mass is 195 g/mol. The summed E-state index contributed by atoms with van der Waals surface area (Å²) in [5.41, 5.74) is 0. The van der Waals surface area contributed by atoms with Crippen LogP contribution in [-0.4, -0.2) is 23.9 Å². The van der Waals surface area contributed by atoms with E-state index in [0.717, 1.165) is 19.5 Å². The quantitative estimate of drug-likeness (QED) is 0.663. The molecule has 0 aromatic carbocycles. The Kier molecular flexibility index (Phi) is 3.44. The molecule has 1 aliphatic heterocycles. The highest BCUT2D eigenvalue weighted by molar-refractivity contribution is 5.76. The van der Waals surface area contributed by atoms with Gasteiger partial charge in [-0.05, 0) is 31.6 Å². The lowest BCUT2D eigenvalue weighted by molar-refractivity contribution is -0.131. The molecule has 0 aromatic rings. The first-order chi connectivity index (χ1) is 6.86. The molecule has 1 amide bonds. The lowest BCUT2D eigenvalue weighted by Gasteiger charge is -2.23. The molecule has 80 valence electrons. The molecule has 0 radical (unpaired) electrons. The predicted octanol–water partition coefficient (Wildman–Crippen LogP) is 2.58. The standard InChI is InChI=1S/C12H21NO/c14-12(13-8-4-5-9-13)10-11-6-2-1-3-7-11/h11H,1-10H2. The number of likely N-dealkylation sites (tertiary alicyclic amines) is 1. The van der Waals surface area contributed by atoms with Gasteiger partial charge in [-0.25, -0.2) is 0 Å². The van der Waals surface area contributed by atoms with Crippen molar-refractivity contribution in [3.05, 3.63) is 0 Å². The molecule has 2 nitrogen and oxygen atoms in total. The average molecular weight is 195 g/mol. The van der Waals surface area contributed by atoms with Gasteiger partial charge in [0, 0.05) is 19.5 Å². The number of carbonyl (C=O) groups excluding carboxylic acids is 1. The molecule has 1 saturated heterocycles. The van der Waals surface area contributed by atoms with Crippen LogP contribution >= 0.6 is 0 Å². The highest BCUT2D eigenvalue weighted by Gasteiger charge is 2.22. The molecular formula is C12H21NO. The average Bonchev–Trinajstić information content (AvgIpc) is 2.72. The Hall–Kier alpha value is -0.530. The minimum absolute atomic E-state index is 0.425. The number of nitrogens with zero attached hydrogens (tertiary/aromatic N) is 1. The maximum atomic E-state index is 11.8. The van der Waals surface area contributed by atoms with E-state index in [4.69, 9.17) is 0 Å². The summed E-state index contributed by atoms with van der Waals surface area (Å²) in [5, 5.41) is 0. The summed E-state index contributed by atoms with van der Waals surface area (Å²) in [6, 6.07) is 0. The van der Waals surface area contributed by atoms with Crippen LogP contribution in [0.1, 0.15) is 51.4 Å². The minimum atomic E-state index is 0.425. The number of amides is 1. The maximum absolute atomic E-state index is 11.8. The van der Waals surface area contributed by atoms with Gasteiger partial charge < -0.3 is 4.90 Å². The maximum Gasteiger partial charge on any atom is 0.222 e. The molecule has 1 saturated carbocycles. The second-order valence-corrected chi connectivity index (χ2v) is 4.80. The largest absolute Gasteiger partial charge is 0.343 e. The molecule has 0 bridgehead atoms. The number of carbonyl (C=O) groups is 1. The van der Waals surface area contributed by atoms with E-state index in [-0.39, 0.29) is 0 Å². The molecule has 0 N–H and O–H groups in total. The van der Waals surface area contributed by atoms with Crippen molar-refractivity contribution in [1.82, 2.24) is 4.90 Å². The van der Waals surface area contributed by atoms with Crippen molar-refractivity contribution in [2.75, 3.05) is 13.1 Å². The second kappa shape index (κ2) is 4.81. The zero-order valence-corrected chi connectivity index (χ0v) is 9.00. The van der Waals surface area contributed by atoms with E-state index in [9.17, 15) is 4.79 Å². The third-order valence-corrected chi connectivity index (χ3v) is 3.65. The van der Waals surface area contributed by atoms with Crippen molar-refractivity contribution in [3.8, 4) is 0 Å². The van der Waals surface area contributed by atoms with Gasteiger partial charge in [0.05, 0.1) is 0 Å². The third-order valence-electron chi connectivity index (χ3n) is 3.65. The van der Waals surface area contributed by atoms with Gasteiger partial charge in [0.15, 0.2) is 0 Å². The van der Waals surface area contributed by atoms with Crippen molar-refractivity contribution in [2.45, 2.75) is 51.4 Å². The highest BCUT2D eigenvalue weighted by Crippen LogP contribution is 2.27. The fourth-order valence-electron chi connectivity index (χ4n) is 2.73. The fourth-order valence-corrected chi connectivity index (χ4v) is 2.73. The Morgan fingerprint density at radius 3 is 2.29 bits per heavy atom. The van der Waals surface area contributed by atoms with Gasteiger partial charge in [-0.3, -0.25) is 4.79 Å². The van der Waals surface area contributed by atoms with E-state index >= 15 is 0 Å². The van der Waals surface area contributed by atoms with Crippen LogP contribution in [0.2, 0.25) is 0 Å². The van der Waals surface area contributed by atoms with Gasteiger partial charge in [0.25, 0.3) is 0 Å². The summed E-state index contributed by atoms with van der Waals surface area (Å²) in [6.45, 7) is 2.04. The summed E-state index contributed by atoms with van der Waals surface area (Å²) in [7, 11) is 0. The molecule has 0 aromatic heterocycles. The van der Waals surface area contributed by atoms with Gasteiger partial charge in [-0.2, -0.15) is 0 Å². The van der Waals surface area contributed by atoms with Gasteiger partial charge in [0.2, 0.25) is 5.91 Å². The summed E-state index contributed by atoms with van der Waals surface area (Å²) < 4.78 is 0. The van der Waals surface area contributed by atoms with Crippen LogP contribution in [0.4, 0.5) is 0 Å². The van der Waals surface area contributed by atoms with Gasteiger partial charge in [-0.15, -0.1) is 0 Å². The smallest absolute Gasteiger partial charge is 0.222 e. The number of hydrogen-bond acceptors (Lipinski definition) is 1. The number of rotatable bonds is 2. The molecule has 2 rings (SSSR count). The topological polar surface area (TPSA) is 20.3 Å². The Morgan fingerprint density at radius 1 is 1.00 bits per heavy atom. The Bertz CT molecular complexity index is 190. The molecule has 2 fully saturated rings. The summed E-state index contributed by atoms with van der Waals surface area (Å²) in [4.78, 5) is 13.9. The summed E-state index contributed by atoms with van der Waals surface area (Å²) in [5.74, 6) is 1.13. The SMILES string of the molecule is O=C(CC1CCCCC1)N1CCCC1. The fraction of sp³-hybridized carbons (Fsp3) is 0.917. The van der Waals surface area contributed by atoms with E-state index in [0.29, 0.717) is 11.8 Å². The molecule has 14 heavy (non-hydrogen) atoms. The molecule has 1 heterocycles. The van der Waals surface area contributed by atoms with E-state index < -0.39 is 0 Å². The summed E-state index contributed by atoms with van der Waals surface area (Å²) >= 11 is 0. The lowest BCUT2D eigenvalue weighted by Crippen LogP contribution is -2.29. The van der Waals surface area contributed by atoms with Crippen LogP contribution in [-0.2, 0) is 4.79 Å². The van der Waals surface area contributed by atoms with Crippen molar-refractivity contribution in [1.29, 1.82) is 0 Å². The summed E-state index contributed by atoms with van der Waals surface area (Å²) in [6.07, 6.45) is 9.93. The zero-order chi connectivity index (χ0) is 9.80. The van der Waals surface area contributed by atoms with Crippen molar-refractivity contribution in [2.24, 2.45) is 5.92 Å². The first-order valence-corrected chi connectivity index (χ1v) is 6.14. The minimum Gasteiger partial charge on any atom is -0.343 e.